The number of rotatable bonds is 70. The van der Waals surface area contributed by atoms with Crippen LogP contribution in [0.5, 0.6) is 0 Å². The fraction of sp³-hybridized carbons (Fsp3) is 0.944. The van der Waals surface area contributed by atoms with Crippen LogP contribution < -0.4 is 0 Å². The van der Waals surface area contributed by atoms with E-state index >= 15 is 0 Å². The van der Waals surface area contributed by atoms with Crippen LogP contribution in [-0.4, -0.2) is 96.7 Å². The highest BCUT2D eigenvalue weighted by molar-refractivity contribution is 7.47. The molecule has 0 heterocycles. The molecule has 0 aromatic heterocycles. The Labute approximate surface area is 549 Å². The number of aliphatic hydroxyl groups excluding tert-OH is 1. The van der Waals surface area contributed by atoms with Crippen molar-refractivity contribution in [2.45, 2.75) is 381 Å². The average Bonchev–Trinajstić information content (AvgIpc) is 2.64. The minimum absolute atomic E-state index is 0.106. The zero-order chi connectivity index (χ0) is 66.5. The number of carbonyl (C=O) groups is 4. The highest BCUT2D eigenvalue weighted by atomic mass is 31.2. The number of phosphoric ester groups is 2. The van der Waals surface area contributed by atoms with Crippen molar-refractivity contribution in [3.8, 4) is 0 Å². The Kier molecular flexibility index (Phi) is 61.8. The second kappa shape index (κ2) is 63.1. The van der Waals surface area contributed by atoms with Crippen LogP contribution in [0.3, 0.4) is 0 Å². The molecule has 0 aromatic rings. The minimum Gasteiger partial charge on any atom is -0.462 e. The van der Waals surface area contributed by atoms with Crippen molar-refractivity contribution in [3.05, 3.63) is 0 Å². The number of ether oxygens (including phenoxy) is 4. The molecule has 3 N–H and O–H groups in total. The first-order chi connectivity index (χ1) is 43.4. The molecular weight excluding hydrogens is 1190 g/mol. The average molecular weight is 1330 g/mol. The number of hydrogen-bond donors (Lipinski definition) is 3. The van der Waals surface area contributed by atoms with Gasteiger partial charge in [-0.05, 0) is 37.5 Å². The summed E-state index contributed by atoms with van der Waals surface area (Å²) in [5.41, 5.74) is 0. The van der Waals surface area contributed by atoms with Crippen LogP contribution in [0.15, 0.2) is 0 Å². The molecule has 0 saturated carbocycles. The molecule has 0 aliphatic heterocycles. The van der Waals surface area contributed by atoms with Gasteiger partial charge in [-0.1, -0.05) is 311 Å². The molecule has 5 atom stereocenters. The Morgan fingerprint density at radius 3 is 0.756 bits per heavy atom. The number of carbonyl (C=O) groups excluding carboxylic acids is 4. The number of hydrogen-bond acceptors (Lipinski definition) is 15. The lowest BCUT2D eigenvalue weighted by Gasteiger charge is -2.21. The standard InChI is InChI=1S/C71H138O17P2/c1-7-9-11-13-15-17-21-29-35-41-47-53-68(73)81-59-66(87-70(75)55-49-43-37-31-22-18-16-14-12-10-8-2)61-85-89(77,78)83-57-65(72)58-84-90(79,80)86-62-67(88-71(76)56-50-44-38-32-26-20-24-28-34-40-46-52-64(5)6)60-82-69(74)54-48-42-36-30-25-19-23-27-33-39-45-51-63(3)4/h63-67,72H,7-62H2,1-6H3,(H,77,78)(H,79,80)/t65-,66+,67+/m0/s1. The lowest BCUT2D eigenvalue weighted by molar-refractivity contribution is -0.161. The first kappa shape index (κ1) is 88.1. The third-order valence-corrected chi connectivity index (χ3v) is 18.4. The van der Waals surface area contributed by atoms with Gasteiger partial charge in [0.25, 0.3) is 0 Å². The topological polar surface area (TPSA) is 237 Å². The Morgan fingerprint density at radius 2 is 0.511 bits per heavy atom. The summed E-state index contributed by atoms with van der Waals surface area (Å²) in [5.74, 6) is -0.584. The van der Waals surface area contributed by atoms with Crippen molar-refractivity contribution in [1.82, 2.24) is 0 Å². The first-order valence-corrected chi connectivity index (χ1v) is 40.0. The SMILES string of the molecule is CCCCCCCCCCCCCC(=O)OC[C@H](COP(=O)(O)OC[C@H](O)COP(=O)(O)OC[C@@H](COC(=O)CCCCCCCCCCCCCC(C)C)OC(=O)CCCCCCCCCCCCCC(C)C)OC(=O)CCCCCCCCCCCCC. The van der Waals surface area contributed by atoms with Crippen LogP contribution >= 0.6 is 15.6 Å². The molecule has 0 radical (unpaired) electrons. The number of esters is 4. The summed E-state index contributed by atoms with van der Waals surface area (Å²) in [6.45, 7) is 9.56. The molecule has 534 valence electrons. The Bertz CT molecular complexity index is 1750. The molecule has 2 unspecified atom stereocenters. The summed E-state index contributed by atoms with van der Waals surface area (Å²) >= 11 is 0. The van der Waals surface area contributed by atoms with Crippen LogP contribution in [0.2, 0.25) is 0 Å². The van der Waals surface area contributed by atoms with Gasteiger partial charge in [0, 0.05) is 25.7 Å². The molecule has 0 aromatic carbocycles. The normalized spacial score (nSPS) is 14.1. The van der Waals surface area contributed by atoms with Gasteiger partial charge in [-0.15, -0.1) is 0 Å². The molecular formula is C71H138O17P2. The second-order valence-electron chi connectivity index (χ2n) is 26.6. The van der Waals surface area contributed by atoms with Gasteiger partial charge in [-0.3, -0.25) is 37.3 Å². The zero-order valence-corrected chi connectivity index (χ0v) is 60.2. The van der Waals surface area contributed by atoms with E-state index in [1.54, 1.807) is 0 Å². The molecule has 0 spiro atoms. The van der Waals surface area contributed by atoms with E-state index in [2.05, 4.69) is 41.5 Å². The molecule has 0 rings (SSSR count). The molecule has 17 nitrogen and oxygen atoms in total. The van der Waals surface area contributed by atoms with Gasteiger partial charge < -0.3 is 33.8 Å². The van der Waals surface area contributed by atoms with E-state index in [1.165, 1.54) is 180 Å². The van der Waals surface area contributed by atoms with E-state index in [4.69, 9.17) is 37.0 Å². The summed E-state index contributed by atoms with van der Waals surface area (Å²) < 4.78 is 68.3. The monoisotopic (exact) mass is 1320 g/mol. The quantitative estimate of drug-likeness (QED) is 0.0222. The third kappa shape index (κ3) is 64.8. The third-order valence-electron chi connectivity index (χ3n) is 16.5. The van der Waals surface area contributed by atoms with E-state index in [-0.39, 0.29) is 25.7 Å². The van der Waals surface area contributed by atoms with Gasteiger partial charge in [0.15, 0.2) is 12.2 Å². The van der Waals surface area contributed by atoms with Gasteiger partial charge in [0.2, 0.25) is 0 Å². The fourth-order valence-corrected chi connectivity index (χ4v) is 12.3. The minimum atomic E-state index is -4.95. The molecule has 0 fully saturated rings. The van der Waals surface area contributed by atoms with E-state index in [1.807, 2.05) is 0 Å². The maximum atomic E-state index is 13.0. The van der Waals surface area contributed by atoms with Gasteiger partial charge in [0.1, 0.15) is 19.3 Å². The second-order valence-corrected chi connectivity index (χ2v) is 29.5. The fourth-order valence-electron chi connectivity index (χ4n) is 10.8. The first-order valence-electron chi connectivity index (χ1n) is 37.0. The number of phosphoric acid groups is 2. The zero-order valence-electron chi connectivity index (χ0n) is 58.4. The maximum Gasteiger partial charge on any atom is 0.472 e. The molecule has 0 saturated heterocycles. The van der Waals surface area contributed by atoms with Gasteiger partial charge in [-0.25, -0.2) is 9.13 Å². The van der Waals surface area contributed by atoms with Crippen LogP contribution in [0.25, 0.3) is 0 Å². The van der Waals surface area contributed by atoms with Crippen LogP contribution in [0, 0.1) is 11.8 Å². The van der Waals surface area contributed by atoms with Crippen LogP contribution in [0.4, 0.5) is 0 Å². The molecule has 0 bridgehead atoms. The molecule has 0 aliphatic rings. The van der Waals surface area contributed by atoms with Crippen molar-refractivity contribution in [2.75, 3.05) is 39.6 Å². The summed E-state index contributed by atoms with van der Waals surface area (Å²) in [6, 6.07) is 0. The summed E-state index contributed by atoms with van der Waals surface area (Å²) in [6.07, 6.45) is 48.4. The van der Waals surface area contributed by atoms with Gasteiger partial charge in [0.05, 0.1) is 26.4 Å². The lowest BCUT2D eigenvalue weighted by Crippen LogP contribution is -2.30. The van der Waals surface area contributed by atoms with Crippen molar-refractivity contribution in [3.63, 3.8) is 0 Å². The highest BCUT2D eigenvalue weighted by Gasteiger charge is 2.30. The summed E-state index contributed by atoms with van der Waals surface area (Å²) in [4.78, 5) is 72.6. The smallest absolute Gasteiger partial charge is 0.462 e. The Morgan fingerprint density at radius 1 is 0.300 bits per heavy atom. The maximum absolute atomic E-state index is 13.0. The summed E-state index contributed by atoms with van der Waals surface area (Å²) in [5, 5.41) is 10.6. The van der Waals surface area contributed by atoms with Crippen molar-refractivity contribution in [2.24, 2.45) is 11.8 Å². The van der Waals surface area contributed by atoms with Gasteiger partial charge >= 0.3 is 39.5 Å². The van der Waals surface area contributed by atoms with Crippen molar-refractivity contribution >= 4 is 39.5 Å². The predicted octanol–water partition coefficient (Wildman–Crippen LogP) is 20.4. The lowest BCUT2D eigenvalue weighted by atomic mass is 10.0. The highest BCUT2D eigenvalue weighted by Crippen LogP contribution is 2.45. The number of unbranched alkanes of at least 4 members (excludes halogenated alkanes) is 40. The Hall–Kier alpha value is -1.94. The van der Waals surface area contributed by atoms with E-state index in [0.29, 0.717) is 25.7 Å². The molecule has 19 heteroatoms. The van der Waals surface area contributed by atoms with Gasteiger partial charge in [-0.2, -0.15) is 0 Å². The van der Waals surface area contributed by atoms with Crippen LogP contribution in [-0.2, 0) is 65.4 Å². The summed E-state index contributed by atoms with van der Waals surface area (Å²) in [7, 11) is -9.90. The van der Waals surface area contributed by atoms with Crippen molar-refractivity contribution < 1.29 is 80.2 Å². The molecule has 0 amide bonds. The largest absolute Gasteiger partial charge is 0.472 e. The Balaban J connectivity index is 5.25. The predicted molar refractivity (Wildman–Crippen MR) is 363 cm³/mol. The number of aliphatic hydroxyl groups is 1. The van der Waals surface area contributed by atoms with E-state index in [9.17, 15) is 43.2 Å². The molecule has 0 aliphatic carbocycles. The van der Waals surface area contributed by atoms with Crippen LogP contribution in [0.1, 0.15) is 363 Å². The van der Waals surface area contributed by atoms with E-state index < -0.39 is 97.5 Å². The van der Waals surface area contributed by atoms with E-state index in [0.717, 1.165) is 102 Å². The molecule has 90 heavy (non-hydrogen) atoms. The van der Waals surface area contributed by atoms with Crippen molar-refractivity contribution in [1.29, 1.82) is 0 Å².